The summed E-state index contributed by atoms with van der Waals surface area (Å²) in [6.45, 7) is 0.757. The first-order chi connectivity index (χ1) is 8.65. The van der Waals surface area contributed by atoms with E-state index in [0.29, 0.717) is 21.5 Å². The average molecular weight is 281 g/mol. The van der Waals surface area contributed by atoms with E-state index in [2.05, 4.69) is 5.32 Å². The lowest BCUT2D eigenvalue weighted by atomic mass is 10.2. The molecule has 0 saturated heterocycles. The maximum absolute atomic E-state index is 12.0. The molecule has 0 atom stereocenters. The monoisotopic (exact) mass is 280 g/mol. The van der Waals surface area contributed by atoms with E-state index >= 15 is 0 Å². The van der Waals surface area contributed by atoms with E-state index in [4.69, 9.17) is 17.3 Å². The topological polar surface area (TPSA) is 55.1 Å². The molecule has 1 aromatic heterocycles. The first-order valence-electron chi connectivity index (χ1n) is 5.91. The van der Waals surface area contributed by atoms with E-state index in [1.807, 2.05) is 12.1 Å². The summed E-state index contributed by atoms with van der Waals surface area (Å²) in [6.07, 6.45) is 2.44. The first kappa shape index (κ1) is 11.8. The number of halogens is 1. The molecule has 1 amide bonds. The van der Waals surface area contributed by atoms with Crippen LogP contribution in [0.3, 0.4) is 0 Å². The third kappa shape index (κ3) is 2.18. The Morgan fingerprint density at radius 2 is 2.28 bits per heavy atom. The zero-order valence-electron chi connectivity index (χ0n) is 9.70. The molecule has 0 radical (unpaired) electrons. The van der Waals surface area contributed by atoms with Gasteiger partial charge in [-0.3, -0.25) is 4.79 Å². The van der Waals surface area contributed by atoms with Gasteiger partial charge in [-0.2, -0.15) is 0 Å². The third-order valence-electron chi connectivity index (χ3n) is 3.14. The Morgan fingerprint density at radius 1 is 1.50 bits per heavy atom. The summed E-state index contributed by atoms with van der Waals surface area (Å²) in [5.74, 6) is 0.593. The van der Waals surface area contributed by atoms with Crippen LogP contribution in [-0.2, 0) is 0 Å². The van der Waals surface area contributed by atoms with Crippen LogP contribution in [-0.4, -0.2) is 12.5 Å². The zero-order valence-corrected chi connectivity index (χ0v) is 11.3. The summed E-state index contributed by atoms with van der Waals surface area (Å²) >= 11 is 7.36. The molecule has 0 bridgehead atoms. The van der Waals surface area contributed by atoms with Crippen LogP contribution in [0.15, 0.2) is 18.2 Å². The fourth-order valence-corrected chi connectivity index (χ4v) is 3.09. The molecule has 1 aliphatic carbocycles. The highest BCUT2D eigenvalue weighted by atomic mass is 35.5. The number of hydrogen-bond acceptors (Lipinski definition) is 3. The number of nitrogen functional groups attached to an aromatic ring is 1. The highest BCUT2D eigenvalue weighted by Crippen LogP contribution is 2.35. The van der Waals surface area contributed by atoms with Crippen LogP contribution >= 0.6 is 22.9 Å². The van der Waals surface area contributed by atoms with Crippen molar-refractivity contribution in [3.63, 3.8) is 0 Å². The molecule has 1 fully saturated rings. The number of rotatable bonds is 3. The second-order valence-electron chi connectivity index (χ2n) is 4.64. The van der Waals surface area contributed by atoms with Gasteiger partial charge in [0.15, 0.2) is 0 Å². The maximum Gasteiger partial charge on any atom is 0.263 e. The minimum absolute atomic E-state index is 0.0725. The highest BCUT2D eigenvalue weighted by molar-refractivity contribution is 7.21. The first-order valence-corrected chi connectivity index (χ1v) is 7.10. The number of carbonyl (C=O) groups excluding carboxylic acids is 1. The molecule has 2 aromatic rings. The Balaban J connectivity index is 1.90. The van der Waals surface area contributed by atoms with E-state index < -0.39 is 0 Å². The number of anilines is 1. The lowest BCUT2D eigenvalue weighted by molar-refractivity contribution is 0.0956. The van der Waals surface area contributed by atoms with Crippen molar-refractivity contribution in [3.8, 4) is 0 Å². The van der Waals surface area contributed by atoms with Crippen LogP contribution in [0.5, 0.6) is 0 Å². The van der Waals surface area contributed by atoms with Gasteiger partial charge in [0.2, 0.25) is 0 Å². The van der Waals surface area contributed by atoms with Gasteiger partial charge in [0.1, 0.15) is 4.88 Å². The van der Waals surface area contributed by atoms with Gasteiger partial charge in [-0.25, -0.2) is 0 Å². The predicted molar refractivity (Wildman–Crippen MR) is 76.3 cm³/mol. The maximum atomic E-state index is 12.0. The highest BCUT2D eigenvalue weighted by Gasteiger charge is 2.23. The van der Waals surface area contributed by atoms with E-state index in [9.17, 15) is 4.79 Å². The summed E-state index contributed by atoms with van der Waals surface area (Å²) in [5.41, 5.74) is 6.55. The Morgan fingerprint density at radius 3 is 3.00 bits per heavy atom. The molecule has 18 heavy (non-hydrogen) atoms. The molecule has 0 unspecified atom stereocenters. The summed E-state index contributed by atoms with van der Waals surface area (Å²) in [4.78, 5) is 12.6. The molecule has 0 aliphatic heterocycles. The number of nitrogens with two attached hydrogens (primary N) is 1. The van der Waals surface area contributed by atoms with Crippen LogP contribution in [0.4, 0.5) is 5.69 Å². The number of fused-ring (bicyclic) bond motifs is 1. The van der Waals surface area contributed by atoms with Gasteiger partial charge in [-0.1, -0.05) is 11.6 Å². The van der Waals surface area contributed by atoms with Gasteiger partial charge in [0.25, 0.3) is 5.91 Å². The van der Waals surface area contributed by atoms with Crippen molar-refractivity contribution in [1.29, 1.82) is 0 Å². The summed E-state index contributed by atoms with van der Waals surface area (Å²) in [7, 11) is 0. The standard InChI is InChI=1S/C13H13ClN2OS/c14-8-3-4-10-9(5-8)11(15)12(18-10)13(17)16-6-7-1-2-7/h3-5,7H,1-2,6,15H2,(H,16,17). The number of thiophene rings is 1. The number of carbonyl (C=O) groups is 1. The van der Waals surface area contributed by atoms with Crippen molar-refractivity contribution < 1.29 is 4.79 Å². The van der Waals surface area contributed by atoms with Crippen LogP contribution in [0.1, 0.15) is 22.5 Å². The molecule has 0 spiro atoms. The SMILES string of the molecule is Nc1c(C(=O)NCC2CC2)sc2ccc(Cl)cc12. The lowest BCUT2D eigenvalue weighted by Crippen LogP contribution is -2.25. The van der Waals surface area contributed by atoms with Crippen molar-refractivity contribution >= 4 is 44.6 Å². The third-order valence-corrected chi connectivity index (χ3v) is 4.56. The predicted octanol–water partition coefficient (Wildman–Crippen LogP) is 3.28. The second kappa shape index (κ2) is 4.44. The Bertz CT molecular complexity index is 619. The van der Waals surface area contributed by atoms with Crippen LogP contribution in [0, 0.1) is 5.92 Å². The average Bonchev–Trinajstić information content (AvgIpc) is 3.12. The number of benzene rings is 1. The lowest BCUT2D eigenvalue weighted by Gasteiger charge is -2.02. The molecular weight excluding hydrogens is 268 g/mol. The van der Waals surface area contributed by atoms with E-state index in [0.717, 1.165) is 16.6 Å². The van der Waals surface area contributed by atoms with Gasteiger partial charge in [-0.05, 0) is 37.0 Å². The molecule has 1 saturated carbocycles. The van der Waals surface area contributed by atoms with Gasteiger partial charge in [0, 0.05) is 21.7 Å². The van der Waals surface area contributed by atoms with Gasteiger partial charge in [-0.15, -0.1) is 11.3 Å². The molecule has 3 rings (SSSR count). The fourth-order valence-electron chi connectivity index (χ4n) is 1.90. The van der Waals surface area contributed by atoms with Gasteiger partial charge < -0.3 is 11.1 Å². The second-order valence-corrected chi connectivity index (χ2v) is 6.13. The van der Waals surface area contributed by atoms with Crippen LogP contribution in [0.2, 0.25) is 5.02 Å². The molecule has 1 heterocycles. The molecule has 3 nitrogen and oxygen atoms in total. The van der Waals surface area contributed by atoms with E-state index in [1.54, 1.807) is 6.07 Å². The van der Waals surface area contributed by atoms with Crippen LogP contribution < -0.4 is 11.1 Å². The molecule has 3 N–H and O–H groups in total. The van der Waals surface area contributed by atoms with Crippen LogP contribution in [0.25, 0.3) is 10.1 Å². The van der Waals surface area contributed by atoms with E-state index in [-0.39, 0.29) is 5.91 Å². The fraction of sp³-hybridized carbons (Fsp3) is 0.308. The largest absolute Gasteiger partial charge is 0.397 e. The molecular formula is C13H13ClN2OS. The quantitative estimate of drug-likeness (QED) is 0.906. The Kier molecular flexibility index (Phi) is 2.92. The van der Waals surface area contributed by atoms with Crippen molar-refractivity contribution in [2.45, 2.75) is 12.8 Å². The number of hydrogen-bond donors (Lipinski definition) is 2. The Labute approximate surface area is 114 Å². The summed E-state index contributed by atoms with van der Waals surface area (Å²) < 4.78 is 0.994. The van der Waals surface area contributed by atoms with Gasteiger partial charge >= 0.3 is 0 Å². The summed E-state index contributed by atoms with van der Waals surface area (Å²) in [6, 6.07) is 5.52. The van der Waals surface area contributed by atoms with Gasteiger partial charge in [0.05, 0.1) is 5.69 Å². The minimum atomic E-state index is -0.0725. The van der Waals surface area contributed by atoms with Crippen molar-refractivity contribution in [3.05, 3.63) is 28.1 Å². The molecule has 1 aliphatic rings. The smallest absolute Gasteiger partial charge is 0.263 e. The van der Waals surface area contributed by atoms with Crippen molar-refractivity contribution in [2.75, 3.05) is 12.3 Å². The zero-order chi connectivity index (χ0) is 12.7. The van der Waals surface area contributed by atoms with Crippen molar-refractivity contribution in [1.82, 2.24) is 5.32 Å². The molecule has 94 valence electrons. The minimum Gasteiger partial charge on any atom is -0.397 e. The number of nitrogens with one attached hydrogen (secondary N) is 1. The summed E-state index contributed by atoms with van der Waals surface area (Å²) in [5, 5.41) is 4.44. The van der Waals surface area contributed by atoms with Crippen molar-refractivity contribution in [2.24, 2.45) is 5.92 Å². The van der Waals surface area contributed by atoms with E-state index in [1.165, 1.54) is 24.2 Å². The Hall–Kier alpha value is -1.26. The molecule has 5 heteroatoms. The normalized spacial score (nSPS) is 14.9. The molecule has 1 aromatic carbocycles. The number of amides is 1.